The number of likely N-dealkylation sites (N-methyl/N-ethyl adjacent to an activating group) is 1. The Morgan fingerprint density at radius 2 is 2.00 bits per heavy atom. The first-order valence-corrected chi connectivity index (χ1v) is 6.62. The lowest BCUT2D eigenvalue weighted by molar-refractivity contribution is 0.208. The third kappa shape index (κ3) is 3.22. The van der Waals surface area contributed by atoms with Crippen molar-refractivity contribution in [1.29, 1.82) is 0 Å². The van der Waals surface area contributed by atoms with Crippen LogP contribution in [0, 0.1) is 6.92 Å². The van der Waals surface area contributed by atoms with Crippen LogP contribution in [-0.4, -0.2) is 30.6 Å². The lowest BCUT2D eigenvalue weighted by atomic mass is 10.1. The highest BCUT2D eigenvalue weighted by atomic mass is 16.5. The van der Waals surface area contributed by atoms with E-state index in [2.05, 4.69) is 50.1 Å². The Labute approximate surface area is 105 Å². The van der Waals surface area contributed by atoms with Crippen LogP contribution in [0.3, 0.4) is 0 Å². The number of likely N-dealkylation sites (tertiary alicyclic amines) is 1. The number of hydrogen-bond acceptors (Lipinski definition) is 2. The van der Waals surface area contributed by atoms with Crippen molar-refractivity contribution in [1.82, 2.24) is 4.90 Å². The fraction of sp³-hybridized carbons (Fsp3) is 0.600. The normalized spacial score (nSPS) is 25.1. The molecule has 2 heteroatoms. The largest absolute Gasteiger partial charge is 0.489 e. The smallest absolute Gasteiger partial charge is 0.119 e. The van der Waals surface area contributed by atoms with Crippen LogP contribution in [0.5, 0.6) is 5.75 Å². The van der Waals surface area contributed by atoms with Crippen LogP contribution in [0.25, 0.3) is 0 Å². The molecular weight excluding hydrogens is 210 g/mol. The molecule has 1 aromatic rings. The molecule has 1 aromatic carbocycles. The zero-order valence-corrected chi connectivity index (χ0v) is 11.1. The topological polar surface area (TPSA) is 12.5 Å². The zero-order chi connectivity index (χ0) is 12.3. The molecule has 0 N–H and O–H groups in total. The molecule has 1 saturated heterocycles. The van der Waals surface area contributed by atoms with Crippen LogP contribution in [0.1, 0.15) is 31.7 Å². The van der Waals surface area contributed by atoms with Crippen molar-refractivity contribution < 1.29 is 4.74 Å². The number of hydrogen-bond donors (Lipinski definition) is 0. The van der Waals surface area contributed by atoms with E-state index >= 15 is 0 Å². The molecule has 0 radical (unpaired) electrons. The molecule has 1 aliphatic heterocycles. The average molecular weight is 233 g/mol. The summed E-state index contributed by atoms with van der Waals surface area (Å²) < 4.78 is 6.04. The van der Waals surface area contributed by atoms with Crippen LogP contribution < -0.4 is 4.74 Å². The van der Waals surface area contributed by atoms with Gasteiger partial charge in [-0.15, -0.1) is 0 Å². The van der Waals surface area contributed by atoms with Crippen LogP contribution in [0.2, 0.25) is 0 Å². The Hall–Kier alpha value is -1.02. The molecule has 0 aliphatic carbocycles. The first-order valence-electron chi connectivity index (χ1n) is 6.62. The Morgan fingerprint density at radius 1 is 1.29 bits per heavy atom. The Kier molecular flexibility index (Phi) is 4.06. The van der Waals surface area contributed by atoms with Crippen LogP contribution >= 0.6 is 0 Å². The molecule has 2 nitrogen and oxygen atoms in total. The third-order valence-corrected chi connectivity index (χ3v) is 3.60. The zero-order valence-electron chi connectivity index (χ0n) is 11.1. The molecule has 0 saturated carbocycles. The average Bonchev–Trinajstić information content (AvgIpc) is 2.63. The minimum Gasteiger partial charge on any atom is -0.489 e. The standard InChI is InChI=1S/C15H23NO/c1-4-5-13-10-15(11-16(13)3)17-14-8-6-12(2)7-9-14/h6-9,13,15H,4-5,10-11H2,1-3H3. The summed E-state index contributed by atoms with van der Waals surface area (Å²) >= 11 is 0. The van der Waals surface area contributed by atoms with Gasteiger partial charge in [-0.25, -0.2) is 0 Å². The van der Waals surface area contributed by atoms with Gasteiger partial charge in [0.1, 0.15) is 11.9 Å². The van der Waals surface area contributed by atoms with Crippen molar-refractivity contribution in [2.45, 2.75) is 45.3 Å². The molecule has 2 atom stereocenters. The number of nitrogens with zero attached hydrogens (tertiary/aromatic N) is 1. The summed E-state index contributed by atoms with van der Waals surface area (Å²) in [4.78, 5) is 2.43. The summed E-state index contributed by atoms with van der Waals surface area (Å²) in [5.41, 5.74) is 1.28. The van der Waals surface area contributed by atoms with E-state index in [4.69, 9.17) is 4.74 Å². The fourth-order valence-electron chi connectivity index (χ4n) is 2.59. The van der Waals surface area contributed by atoms with Gasteiger partial charge < -0.3 is 4.74 Å². The van der Waals surface area contributed by atoms with Crippen molar-refractivity contribution >= 4 is 0 Å². The van der Waals surface area contributed by atoms with Crippen molar-refractivity contribution in [3.05, 3.63) is 29.8 Å². The first kappa shape index (κ1) is 12.4. The van der Waals surface area contributed by atoms with E-state index in [0.717, 1.165) is 18.7 Å². The molecule has 2 unspecified atom stereocenters. The van der Waals surface area contributed by atoms with E-state index in [-0.39, 0.29) is 0 Å². The Bertz CT molecular complexity index is 346. The molecule has 1 heterocycles. The van der Waals surface area contributed by atoms with E-state index in [1.54, 1.807) is 0 Å². The van der Waals surface area contributed by atoms with E-state index in [0.29, 0.717) is 12.1 Å². The molecule has 1 fully saturated rings. The fourth-order valence-corrected chi connectivity index (χ4v) is 2.59. The van der Waals surface area contributed by atoms with Gasteiger partial charge in [0.2, 0.25) is 0 Å². The lowest BCUT2D eigenvalue weighted by Gasteiger charge is -2.16. The van der Waals surface area contributed by atoms with Gasteiger partial charge in [-0.2, -0.15) is 0 Å². The molecule has 0 bridgehead atoms. The quantitative estimate of drug-likeness (QED) is 0.791. The van der Waals surface area contributed by atoms with Gasteiger partial charge in [0.05, 0.1) is 0 Å². The molecule has 0 amide bonds. The number of aryl methyl sites for hydroxylation is 1. The summed E-state index contributed by atoms with van der Waals surface area (Å²) in [6, 6.07) is 9.07. The molecule has 17 heavy (non-hydrogen) atoms. The lowest BCUT2D eigenvalue weighted by Crippen LogP contribution is -2.25. The van der Waals surface area contributed by atoms with Crippen LogP contribution in [0.15, 0.2) is 24.3 Å². The van der Waals surface area contributed by atoms with Crippen molar-refractivity contribution in [3.63, 3.8) is 0 Å². The SMILES string of the molecule is CCCC1CC(Oc2ccc(C)cc2)CN1C. The van der Waals surface area contributed by atoms with Crippen molar-refractivity contribution in [3.8, 4) is 5.75 Å². The maximum absolute atomic E-state index is 6.04. The summed E-state index contributed by atoms with van der Waals surface area (Å²) in [6.45, 7) is 5.41. The summed E-state index contributed by atoms with van der Waals surface area (Å²) in [6.07, 6.45) is 4.06. The second kappa shape index (κ2) is 5.54. The molecular formula is C15H23NO. The highest BCUT2D eigenvalue weighted by molar-refractivity contribution is 5.26. The van der Waals surface area contributed by atoms with Crippen molar-refractivity contribution in [2.75, 3.05) is 13.6 Å². The van der Waals surface area contributed by atoms with Gasteiger partial charge in [0.25, 0.3) is 0 Å². The Morgan fingerprint density at radius 3 is 2.65 bits per heavy atom. The first-order chi connectivity index (χ1) is 8.19. The third-order valence-electron chi connectivity index (χ3n) is 3.60. The van der Waals surface area contributed by atoms with Crippen molar-refractivity contribution in [2.24, 2.45) is 0 Å². The highest BCUT2D eigenvalue weighted by Gasteiger charge is 2.29. The predicted octanol–water partition coefficient (Wildman–Crippen LogP) is 3.25. The van der Waals surface area contributed by atoms with Gasteiger partial charge in [0.15, 0.2) is 0 Å². The van der Waals surface area contributed by atoms with Crippen LogP contribution in [-0.2, 0) is 0 Å². The van der Waals surface area contributed by atoms with Crippen LogP contribution in [0.4, 0.5) is 0 Å². The van der Waals surface area contributed by atoms with E-state index in [1.165, 1.54) is 18.4 Å². The van der Waals surface area contributed by atoms with E-state index in [9.17, 15) is 0 Å². The minimum absolute atomic E-state index is 0.360. The summed E-state index contributed by atoms with van der Waals surface area (Å²) in [7, 11) is 2.21. The molecule has 0 spiro atoms. The molecule has 0 aromatic heterocycles. The van der Waals surface area contributed by atoms with Gasteiger partial charge in [-0.1, -0.05) is 31.0 Å². The highest BCUT2D eigenvalue weighted by Crippen LogP contribution is 2.24. The van der Waals surface area contributed by atoms with Gasteiger partial charge in [0, 0.05) is 19.0 Å². The summed E-state index contributed by atoms with van der Waals surface area (Å²) in [5.74, 6) is 1.01. The van der Waals surface area contributed by atoms with E-state index in [1.807, 2.05) is 0 Å². The molecule has 94 valence electrons. The van der Waals surface area contributed by atoms with Gasteiger partial charge in [-0.05, 0) is 32.5 Å². The second-order valence-corrected chi connectivity index (χ2v) is 5.17. The maximum atomic E-state index is 6.04. The van der Waals surface area contributed by atoms with Gasteiger partial charge >= 0.3 is 0 Å². The molecule has 2 rings (SSSR count). The van der Waals surface area contributed by atoms with Gasteiger partial charge in [-0.3, -0.25) is 4.90 Å². The number of benzene rings is 1. The predicted molar refractivity (Wildman–Crippen MR) is 71.5 cm³/mol. The number of ether oxygens (including phenoxy) is 1. The summed E-state index contributed by atoms with van der Waals surface area (Å²) in [5, 5.41) is 0. The monoisotopic (exact) mass is 233 g/mol. The van der Waals surface area contributed by atoms with E-state index < -0.39 is 0 Å². The second-order valence-electron chi connectivity index (χ2n) is 5.17. The maximum Gasteiger partial charge on any atom is 0.119 e. The number of rotatable bonds is 4. The minimum atomic E-state index is 0.360. The Balaban J connectivity index is 1.90. The molecule has 1 aliphatic rings.